The molecule has 29 heavy (non-hydrogen) atoms. The number of para-hydroxylation sites is 1. The minimum Gasteiger partial charge on any atom is -0.505 e. The van der Waals surface area contributed by atoms with E-state index >= 15 is 0 Å². The smallest absolute Gasteiger partial charge is 0.242 e. The van der Waals surface area contributed by atoms with E-state index in [2.05, 4.69) is 56.1 Å². The quantitative estimate of drug-likeness (QED) is 0.310. The zero-order valence-corrected chi connectivity index (χ0v) is 18.9. The van der Waals surface area contributed by atoms with Crippen LogP contribution in [0.2, 0.25) is 25.7 Å². The normalized spacial score (nSPS) is 19.3. The van der Waals surface area contributed by atoms with Gasteiger partial charge in [-0.3, -0.25) is 4.79 Å². The van der Waals surface area contributed by atoms with Crippen molar-refractivity contribution in [2.45, 2.75) is 44.1 Å². The summed E-state index contributed by atoms with van der Waals surface area (Å²) in [6.45, 7) is 7.62. The van der Waals surface area contributed by atoms with Gasteiger partial charge in [-0.25, -0.2) is 0 Å². The number of hydrogen-bond acceptors (Lipinski definition) is 2. The predicted molar refractivity (Wildman–Crippen MR) is 124 cm³/mol. The Kier molecular flexibility index (Phi) is 6.43. The summed E-state index contributed by atoms with van der Waals surface area (Å²) in [7, 11) is 0.389. The molecule has 2 aromatic rings. The number of methoxy groups -OCH3 is 1. The van der Waals surface area contributed by atoms with Crippen LogP contribution in [0.3, 0.4) is 0 Å². The lowest BCUT2D eigenvalue weighted by atomic mass is 9.78. The van der Waals surface area contributed by atoms with E-state index < -0.39 is 13.5 Å². The van der Waals surface area contributed by atoms with Crippen LogP contribution < -0.4 is 4.90 Å². The van der Waals surface area contributed by atoms with Crippen LogP contribution in [-0.2, 0) is 21.5 Å². The second-order valence-electron chi connectivity index (χ2n) is 8.84. The Labute approximate surface area is 175 Å². The minimum atomic E-state index is -1.25. The van der Waals surface area contributed by atoms with E-state index in [4.69, 9.17) is 4.74 Å². The molecule has 0 saturated carbocycles. The summed E-state index contributed by atoms with van der Waals surface area (Å²) < 4.78 is 5.13. The van der Waals surface area contributed by atoms with Gasteiger partial charge in [-0.05, 0) is 35.7 Å². The third-order valence-corrected chi connectivity index (χ3v) is 6.75. The minimum absolute atomic E-state index is 0.134. The van der Waals surface area contributed by atoms with Crippen molar-refractivity contribution in [3.8, 4) is 0 Å². The highest BCUT2D eigenvalue weighted by Gasteiger charge is 2.48. The molecule has 2 aromatic carbocycles. The standard InChI is InChI=1S/C25H31NO2Si/c1-28-18-10-16-25(17-11-19-29(2,3)4)22-14-8-9-15-23(22)26(24(25)27)20-21-12-6-5-7-13-21/h5-15,17-18H,16,19-20H2,1-4H3/b17-11+,18-10-. The van der Waals surface area contributed by atoms with Gasteiger partial charge in [0.2, 0.25) is 5.91 Å². The Bertz CT molecular complexity index is 899. The van der Waals surface area contributed by atoms with Gasteiger partial charge >= 0.3 is 0 Å². The van der Waals surface area contributed by atoms with Crippen LogP contribution in [-0.4, -0.2) is 21.1 Å². The molecule has 3 nitrogen and oxygen atoms in total. The Morgan fingerprint density at radius 3 is 2.38 bits per heavy atom. The topological polar surface area (TPSA) is 29.5 Å². The largest absolute Gasteiger partial charge is 0.505 e. The molecule has 152 valence electrons. The van der Waals surface area contributed by atoms with E-state index in [0.717, 1.165) is 22.9 Å². The highest BCUT2D eigenvalue weighted by atomic mass is 28.3. The fraction of sp³-hybridized carbons (Fsp3) is 0.320. The first-order valence-corrected chi connectivity index (χ1v) is 13.9. The summed E-state index contributed by atoms with van der Waals surface area (Å²) in [4.78, 5) is 15.8. The van der Waals surface area contributed by atoms with E-state index in [9.17, 15) is 4.79 Å². The second kappa shape index (κ2) is 8.83. The van der Waals surface area contributed by atoms with Crippen molar-refractivity contribution in [2.75, 3.05) is 12.0 Å². The van der Waals surface area contributed by atoms with Crippen LogP contribution in [0.4, 0.5) is 5.69 Å². The third-order valence-electron chi connectivity index (χ3n) is 5.29. The number of hydrogen-bond donors (Lipinski definition) is 0. The van der Waals surface area contributed by atoms with Gasteiger partial charge in [0.15, 0.2) is 0 Å². The van der Waals surface area contributed by atoms with Crippen LogP contribution in [0, 0.1) is 0 Å². The fourth-order valence-corrected chi connectivity index (χ4v) is 4.67. The van der Waals surface area contributed by atoms with Crippen molar-refractivity contribution >= 4 is 19.7 Å². The second-order valence-corrected chi connectivity index (χ2v) is 14.4. The Hall–Kier alpha value is -2.59. The molecule has 0 N–H and O–H groups in total. The van der Waals surface area contributed by atoms with Crippen molar-refractivity contribution in [2.24, 2.45) is 0 Å². The van der Waals surface area contributed by atoms with Crippen molar-refractivity contribution in [3.05, 3.63) is 90.2 Å². The number of allylic oxidation sites excluding steroid dienone is 2. The monoisotopic (exact) mass is 405 g/mol. The molecule has 1 unspecified atom stereocenters. The lowest BCUT2D eigenvalue weighted by Gasteiger charge is -2.25. The molecule has 1 atom stereocenters. The lowest BCUT2D eigenvalue weighted by molar-refractivity contribution is -0.121. The number of ether oxygens (including phenoxy) is 1. The first kappa shape index (κ1) is 21.1. The van der Waals surface area contributed by atoms with E-state index in [-0.39, 0.29) is 5.91 Å². The molecule has 0 aliphatic carbocycles. The van der Waals surface area contributed by atoms with Gasteiger partial charge in [0.1, 0.15) is 0 Å². The number of benzene rings is 2. The number of anilines is 1. The summed E-state index contributed by atoms with van der Waals surface area (Å²) in [5, 5.41) is 0. The number of amides is 1. The average molecular weight is 406 g/mol. The Morgan fingerprint density at radius 2 is 1.69 bits per heavy atom. The summed E-state index contributed by atoms with van der Waals surface area (Å²) in [5.74, 6) is 0.134. The van der Waals surface area contributed by atoms with Crippen LogP contribution in [0.15, 0.2) is 79.1 Å². The maximum atomic E-state index is 13.8. The zero-order chi connectivity index (χ0) is 20.9. The number of rotatable bonds is 8. The number of carbonyl (C=O) groups is 1. The molecule has 1 amide bonds. The molecular weight excluding hydrogens is 374 g/mol. The van der Waals surface area contributed by atoms with Crippen LogP contribution in [0.1, 0.15) is 17.5 Å². The molecule has 0 radical (unpaired) electrons. The molecule has 3 rings (SSSR count). The first-order valence-electron chi connectivity index (χ1n) is 10.2. The van der Waals surface area contributed by atoms with Gasteiger partial charge in [-0.1, -0.05) is 80.3 Å². The summed E-state index contributed by atoms with van der Waals surface area (Å²) in [6.07, 6.45) is 8.60. The van der Waals surface area contributed by atoms with Crippen LogP contribution in [0.5, 0.6) is 0 Å². The van der Waals surface area contributed by atoms with Gasteiger partial charge in [0.25, 0.3) is 0 Å². The van der Waals surface area contributed by atoms with Crippen LogP contribution >= 0.6 is 0 Å². The summed E-state index contributed by atoms with van der Waals surface area (Å²) in [5.41, 5.74) is 2.53. The Balaban J connectivity index is 2.04. The number of fused-ring (bicyclic) bond motifs is 1. The van der Waals surface area contributed by atoms with Crippen molar-refractivity contribution in [1.82, 2.24) is 0 Å². The maximum Gasteiger partial charge on any atom is 0.242 e. The summed E-state index contributed by atoms with van der Waals surface area (Å²) >= 11 is 0. The van der Waals surface area contributed by atoms with E-state index in [1.54, 1.807) is 13.4 Å². The third kappa shape index (κ3) is 4.70. The van der Waals surface area contributed by atoms with Crippen molar-refractivity contribution in [3.63, 3.8) is 0 Å². The van der Waals surface area contributed by atoms with E-state index in [1.807, 2.05) is 41.3 Å². The van der Waals surface area contributed by atoms with Gasteiger partial charge in [0.05, 0.1) is 25.3 Å². The summed E-state index contributed by atoms with van der Waals surface area (Å²) in [6, 6.07) is 19.4. The molecular formula is C25H31NO2Si. The molecule has 1 heterocycles. The van der Waals surface area contributed by atoms with Crippen molar-refractivity contribution in [1.29, 1.82) is 0 Å². The molecule has 1 aliphatic rings. The van der Waals surface area contributed by atoms with E-state index in [1.165, 1.54) is 0 Å². The van der Waals surface area contributed by atoms with Gasteiger partial charge in [-0.15, -0.1) is 0 Å². The van der Waals surface area contributed by atoms with E-state index in [0.29, 0.717) is 13.0 Å². The molecule has 4 heteroatoms. The van der Waals surface area contributed by atoms with Gasteiger partial charge < -0.3 is 9.64 Å². The van der Waals surface area contributed by atoms with Gasteiger partial charge in [0, 0.05) is 13.8 Å². The zero-order valence-electron chi connectivity index (χ0n) is 17.9. The maximum absolute atomic E-state index is 13.8. The molecule has 0 saturated heterocycles. The molecule has 0 bridgehead atoms. The molecule has 1 aliphatic heterocycles. The average Bonchev–Trinajstić information content (AvgIpc) is 2.91. The Morgan fingerprint density at radius 1 is 1.00 bits per heavy atom. The molecule has 0 aromatic heterocycles. The first-order chi connectivity index (χ1) is 13.9. The van der Waals surface area contributed by atoms with Gasteiger partial charge in [-0.2, -0.15) is 0 Å². The highest BCUT2D eigenvalue weighted by molar-refractivity contribution is 6.76. The lowest BCUT2D eigenvalue weighted by Crippen LogP contribution is -2.38. The molecule has 0 spiro atoms. The number of nitrogens with zero attached hydrogens (tertiary/aromatic N) is 1. The van der Waals surface area contributed by atoms with Crippen LogP contribution in [0.25, 0.3) is 0 Å². The highest BCUT2D eigenvalue weighted by Crippen LogP contribution is 2.46. The predicted octanol–water partition coefficient (Wildman–Crippen LogP) is 5.92. The molecule has 0 fully saturated rings. The fourth-order valence-electron chi connectivity index (χ4n) is 3.84. The van der Waals surface area contributed by atoms with Crippen molar-refractivity contribution < 1.29 is 9.53 Å². The SMILES string of the molecule is CO/C=C\CC1(/C=C/C[Si](C)(C)C)C(=O)N(Cc2ccccc2)c2ccccc21. The number of carbonyl (C=O) groups excluding carboxylic acids is 1.